The van der Waals surface area contributed by atoms with Gasteiger partial charge in [-0.05, 0) is 12.2 Å². The van der Waals surface area contributed by atoms with E-state index in [9.17, 15) is 9.59 Å². The SMILES string of the molecule is COC(=O)C(C)CC(=O)C1CCSC1. The lowest BCUT2D eigenvalue weighted by molar-refractivity contribution is -0.146. The van der Waals surface area contributed by atoms with Crippen LogP contribution in [0, 0.1) is 11.8 Å². The molecule has 4 heteroatoms. The van der Waals surface area contributed by atoms with Crippen LogP contribution in [-0.2, 0) is 14.3 Å². The predicted molar refractivity (Wildman–Crippen MR) is 56.2 cm³/mol. The van der Waals surface area contributed by atoms with Crippen molar-refractivity contribution in [1.82, 2.24) is 0 Å². The van der Waals surface area contributed by atoms with E-state index in [2.05, 4.69) is 4.74 Å². The third-order valence-corrected chi connectivity index (χ3v) is 3.66. The van der Waals surface area contributed by atoms with Crippen molar-refractivity contribution in [3.63, 3.8) is 0 Å². The van der Waals surface area contributed by atoms with Crippen molar-refractivity contribution in [3.05, 3.63) is 0 Å². The van der Waals surface area contributed by atoms with Crippen molar-refractivity contribution >= 4 is 23.5 Å². The summed E-state index contributed by atoms with van der Waals surface area (Å²) in [5.74, 6) is 1.80. The Morgan fingerprint density at radius 1 is 1.57 bits per heavy atom. The van der Waals surface area contributed by atoms with Gasteiger partial charge in [0.05, 0.1) is 13.0 Å². The molecule has 1 rings (SSSR count). The van der Waals surface area contributed by atoms with Gasteiger partial charge < -0.3 is 4.74 Å². The fourth-order valence-corrected chi connectivity index (χ4v) is 2.80. The minimum atomic E-state index is -0.293. The molecule has 14 heavy (non-hydrogen) atoms. The number of carbonyl (C=O) groups excluding carboxylic acids is 2. The van der Waals surface area contributed by atoms with Crippen molar-refractivity contribution in [2.75, 3.05) is 18.6 Å². The summed E-state index contributed by atoms with van der Waals surface area (Å²) in [5.41, 5.74) is 0. The summed E-state index contributed by atoms with van der Waals surface area (Å²) in [6.07, 6.45) is 1.30. The van der Waals surface area contributed by atoms with Crippen molar-refractivity contribution < 1.29 is 14.3 Å². The van der Waals surface area contributed by atoms with Crippen LogP contribution in [0.4, 0.5) is 0 Å². The van der Waals surface area contributed by atoms with E-state index >= 15 is 0 Å². The summed E-state index contributed by atoms with van der Waals surface area (Å²) in [6.45, 7) is 1.74. The van der Waals surface area contributed by atoms with Crippen LogP contribution in [-0.4, -0.2) is 30.4 Å². The largest absolute Gasteiger partial charge is 0.469 e. The number of hydrogen-bond acceptors (Lipinski definition) is 4. The molecule has 0 aromatic heterocycles. The highest BCUT2D eigenvalue weighted by Gasteiger charge is 2.26. The predicted octanol–water partition coefficient (Wildman–Crippen LogP) is 1.51. The smallest absolute Gasteiger partial charge is 0.308 e. The van der Waals surface area contributed by atoms with E-state index in [1.165, 1.54) is 7.11 Å². The fraction of sp³-hybridized carbons (Fsp3) is 0.800. The van der Waals surface area contributed by atoms with Gasteiger partial charge in [0, 0.05) is 18.1 Å². The Morgan fingerprint density at radius 3 is 2.79 bits per heavy atom. The van der Waals surface area contributed by atoms with E-state index in [-0.39, 0.29) is 23.6 Å². The maximum atomic E-state index is 11.7. The fourth-order valence-electron chi connectivity index (χ4n) is 1.54. The van der Waals surface area contributed by atoms with Gasteiger partial charge >= 0.3 is 5.97 Å². The zero-order valence-electron chi connectivity index (χ0n) is 8.62. The van der Waals surface area contributed by atoms with Gasteiger partial charge in [0.1, 0.15) is 5.78 Å². The lowest BCUT2D eigenvalue weighted by Crippen LogP contribution is -2.21. The molecule has 0 radical (unpaired) electrons. The molecule has 1 heterocycles. The standard InChI is InChI=1S/C10H16O3S/c1-7(10(12)13-2)5-9(11)8-3-4-14-6-8/h7-8H,3-6H2,1-2H3. The minimum absolute atomic E-state index is 0.173. The number of Topliss-reactive ketones (excluding diaryl/α,β-unsaturated/α-hetero) is 1. The summed E-state index contributed by atoms with van der Waals surface area (Å²) in [4.78, 5) is 22.7. The molecule has 2 atom stereocenters. The Hall–Kier alpha value is -0.510. The Balaban J connectivity index is 2.35. The third-order valence-electron chi connectivity index (χ3n) is 2.50. The van der Waals surface area contributed by atoms with Crippen LogP contribution in [0.25, 0.3) is 0 Å². The van der Waals surface area contributed by atoms with Gasteiger partial charge in [0.25, 0.3) is 0 Å². The molecule has 1 aliphatic heterocycles. The maximum absolute atomic E-state index is 11.7. The molecule has 0 bridgehead atoms. The minimum Gasteiger partial charge on any atom is -0.469 e. The highest BCUT2D eigenvalue weighted by atomic mass is 32.2. The first-order chi connectivity index (χ1) is 6.65. The number of carbonyl (C=O) groups is 2. The van der Waals surface area contributed by atoms with Crippen molar-refractivity contribution in [2.45, 2.75) is 19.8 Å². The molecule has 3 nitrogen and oxygen atoms in total. The average Bonchev–Trinajstić information content (AvgIpc) is 2.69. The van der Waals surface area contributed by atoms with Gasteiger partial charge in [-0.25, -0.2) is 0 Å². The first-order valence-electron chi connectivity index (χ1n) is 4.83. The number of ketones is 1. The van der Waals surface area contributed by atoms with Gasteiger partial charge in [0.2, 0.25) is 0 Å². The highest BCUT2D eigenvalue weighted by Crippen LogP contribution is 2.26. The number of methoxy groups -OCH3 is 1. The van der Waals surface area contributed by atoms with Crippen molar-refractivity contribution in [1.29, 1.82) is 0 Å². The van der Waals surface area contributed by atoms with Crippen LogP contribution in [0.3, 0.4) is 0 Å². The van der Waals surface area contributed by atoms with Crippen molar-refractivity contribution in [3.8, 4) is 0 Å². The molecule has 0 amide bonds. The first kappa shape index (κ1) is 11.6. The second-order valence-electron chi connectivity index (χ2n) is 3.66. The summed E-state index contributed by atoms with van der Waals surface area (Å²) in [5, 5.41) is 0. The Bertz CT molecular complexity index is 221. The van der Waals surface area contributed by atoms with E-state index in [1.54, 1.807) is 6.92 Å². The Kier molecular flexibility index (Phi) is 4.45. The number of hydrogen-bond donors (Lipinski definition) is 0. The van der Waals surface area contributed by atoms with Crippen LogP contribution in [0.2, 0.25) is 0 Å². The molecular weight excluding hydrogens is 200 g/mol. The normalized spacial score (nSPS) is 23.1. The summed E-state index contributed by atoms with van der Waals surface area (Å²) in [6, 6.07) is 0. The van der Waals surface area contributed by atoms with E-state index in [4.69, 9.17) is 0 Å². The van der Waals surface area contributed by atoms with E-state index in [1.807, 2.05) is 11.8 Å². The molecule has 1 aliphatic rings. The lowest BCUT2D eigenvalue weighted by Gasteiger charge is -2.11. The zero-order chi connectivity index (χ0) is 10.6. The number of ether oxygens (including phenoxy) is 1. The molecule has 0 N–H and O–H groups in total. The van der Waals surface area contributed by atoms with Gasteiger partial charge in [-0.2, -0.15) is 11.8 Å². The topological polar surface area (TPSA) is 43.4 Å². The summed E-state index contributed by atoms with van der Waals surface area (Å²) in [7, 11) is 1.36. The highest BCUT2D eigenvalue weighted by molar-refractivity contribution is 7.99. The number of thioether (sulfide) groups is 1. The summed E-state index contributed by atoms with van der Waals surface area (Å²) < 4.78 is 4.58. The van der Waals surface area contributed by atoms with E-state index < -0.39 is 0 Å². The zero-order valence-corrected chi connectivity index (χ0v) is 9.43. The summed E-state index contributed by atoms with van der Waals surface area (Å²) >= 11 is 1.81. The van der Waals surface area contributed by atoms with E-state index in [0.29, 0.717) is 6.42 Å². The molecule has 0 spiro atoms. The van der Waals surface area contributed by atoms with Crippen LogP contribution in [0.15, 0.2) is 0 Å². The molecule has 0 aromatic carbocycles. The molecule has 1 saturated heterocycles. The molecule has 1 fully saturated rings. The second kappa shape index (κ2) is 5.39. The molecule has 0 aromatic rings. The first-order valence-corrected chi connectivity index (χ1v) is 5.99. The third kappa shape index (κ3) is 3.01. The maximum Gasteiger partial charge on any atom is 0.308 e. The molecule has 2 unspecified atom stereocenters. The second-order valence-corrected chi connectivity index (χ2v) is 4.80. The van der Waals surface area contributed by atoms with Crippen molar-refractivity contribution in [2.24, 2.45) is 11.8 Å². The average molecular weight is 216 g/mol. The molecular formula is C10H16O3S. The molecule has 0 aliphatic carbocycles. The molecule has 80 valence electrons. The van der Waals surface area contributed by atoms with Crippen LogP contribution in [0.1, 0.15) is 19.8 Å². The van der Waals surface area contributed by atoms with Crippen LogP contribution in [0.5, 0.6) is 0 Å². The van der Waals surface area contributed by atoms with Crippen LogP contribution >= 0.6 is 11.8 Å². The lowest BCUT2D eigenvalue weighted by atomic mass is 9.95. The van der Waals surface area contributed by atoms with Gasteiger partial charge in [-0.3, -0.25) is 9.59 Å². The van der Waals surface area contributed by atoms with Gasteiger partial charge in [-0.1, -0.05) is 6.92 Å². The van der Waals surface area contributed by atoms with Gasteiger partial charge in [-0.15, -0.1) is 0 Å². The van der Waals surface area contributed by atoms with E-state index in [0.717, 1.165) is 17.9 Å². The Labute approximate surface area is 88.6 Å². The van der Waals surface area contributed by atoms with Gasteiger partial charge in [0.15, 0.2) is 0 Å². The van der Waals surface area contributed by atoms with Crippen LogP contribution < -0.4 is 0 Å². The number of esters is 1. The monoisotopic (exact) mass is 216 g/mol. The number of rotatable bonds is 4. The quantitative estimate of drug-likeness (QED) is 0.668. The Morgan fingerprint density at radius 2 is 2.29 bits per heavy atom. The molecule has 0 saturated carbocycles.